The summed E-state index contributed by atoms with van der Waals surface area (Å²) in [4.78, 5) is 33.2. The van der Waals surface area contributed by atoms with Crippen LogP contribution in [0.15, 0.2) is 65.7 Å². The molecule has 3 aromatic heterocycles. The molecule has 176 valence electrons. The molecule has 1 aromatic carbocycles. The van der Waals surface area contributed by atoms with E-state index in [1.807, 2.05) is 23.5 Å². The molecule has 0 radical (unpaired) electrons. The fourth-order valence-corrected chi connectivity index (χ4v) is 3.56. The number of fused-ring (bicyclic) bond motifs is 1. The summed E-state index contributed by atoms with van der Waals surface area (Å²) in [7, 11) is 0. The molecular weight excluding hydrogens is 451 g/mol. The second-order valence-electron chi connectivity index (χ2n) is 7.55. The molecule has 4 rings (SSSR count). The molecule has 0 fully saturated rings. The van der Waals surface area contributed by atoms with Gasteiger partial charge < -0.3 is 19.6 Å². The number of imidazole rings is 1. The first-order chi connectivity index (χ1) is 16.2. The lowest BCUT2D eigenvalue weighted by Gasteiger charge is -2.20. The van der Waals surface area contributed by atoms with E-state index in [0.29, 0.717) is 24.0 Å². The molecule has 0 bridgehead atoms. The minimum atomic E-state index is -4.77. The van der Waals surface area contributed by atoms with Gasteiger partial charge in [0.2, 0.25) is 5.91 Å². The first-order valence-electron chi connectivity index (χ1n) is 10.3. The van der Waals surface area contributed by atoms with Crippen LogP contribution in [0, 0.1) is 0 Å². The van der Waals surface area contributed by atoms with Gasteiger partial charge in [-0.15, -0.1) is 0 Å². The number of benzene rings is 1. The maximum atomic E-state index is 13.5. The van der Waals surface area contributed by atoms with Crippen LogP contribution in [-0.2, 0) is 17.8 Å². The van der Waals surface area contributed by atoms with Crippen molar-refractivity contribution in [1.29, 1.82) is 0 Å². The fourth-order valence-electron chi connectivity index (χ4n) is 3.56. The number of nitrogens with one attached hydrogen (secondary N) is 2. The van der Waals surface area contributed by atoms with Crippen molar-refractivity contribution >= 4 is 28.5 Å². The minimum absolute atomic E-state index is 0.0907. The Morgan fingerprint density at radius 2 is 1.97 bits per heavy atom. The number of nitrogens with zero attached hydrogens (tertiary/aromatic N) is 3. The average Bonchev–Trinajstić information content (AvgIpc) is 3.45. The SMILES string of the molecule is CC(=O)Nc1cc(C(=O)N[C@H](c2ccco2)C(F)(F)F)cc2ncn(CCc3ccccn3)c12. The molecule has 8 nitrogen and oxygen atoms in total. The van der Waals surface area contributed by atoms with Crippen molar-refractivity contribution in [2.45, 2.75) is 32.1 Å². The summed E-state index contributed by atoms with van der Waals surface area (Å²) in [5, 5.41) is 4.60. The third-order valence-electron chi connectivity index (χ3n) is 5.05. The molecule has 0 saturated carbocycles. The summed E-state index contributed by atoms with van der Waals surface area (Å²) in [5.41, 5.74) is 1.92. The fraction of sp³-hybridized carbons (Fsp3) is 0.217. The number of hydrogen-bond acceptors (Lipinski definition) is 5. The van der Waals surface area contributed by atoms with Crippen LogP contribution >= 0.6 is 0 Å². The van der Waals surface area contributed by atoms with Gasteiger partial charge >= 0.3 is 6.18 Å². The van der Waals surface area contributed by atoms with Crippen LogP contribution in [0.2, 0.25) is 0 Å². The zero-order valence-electron chi connectivity index (χ0n) is 18.0. The Hall–Kier alpha value is -4.15. The second kappa shape index (κ2) is 9.38. The molecule has 34 heavy (non-hydrogen) atoms. The average molecular weight is 471 g/mol. The van der Waals surface area contributed by atoms with Gasteiger partial charge in [-0.25, -0.2) is 4.98 Å². The van der Waals surface area contributed by atoms with Gasteiger partial charge in [0, 0.05) is 37.3 Å². The van der Waals surface area contributed by atoms with Gasteiger partial charge in [0.1, 0.15) is 5.76 Å². The van der Waals surface area contributed by atoms with Gasteiger partial charge in [-0.05, 0) is 36.4 Å². The van der Waals surface area contributed by atoms with Crippen molar-refractivity contribution in [1.82, 2.24) is 19.9 Å². The topological polar surface area (TPSA) is 102 Å². The highest BCUT2D eigenvalue weighted by molar-refractivity contribution is 6.05. The molecule has 3 heterocycles. The van der Waals surface area contributed by atoms with Crippen LogP contribution in [0.3, 0.4) is 0 Å². The van der Waals surface area contributed by atoms with Gasteiger partial charge in [-0.3, -0.25) is 14.6 Å². The molecule has 0 aliphatic heterocycles. The van der Waals surface area contributed by atoms with Crippen LogP contribution in [0.5, 0.6) is 0 Å². The Morgan fingerprint density at radius 3 is 2.62 bits per heavy atom. The van der Waals surface area contributed by atoms with Crippen molar-refractivity contribution in [3.05, 3.63) is 78.3 Å². The number of carbonyl (C=O) groups is 2. The number of hydrogen-bond donors (Lipinski definition) is 2. The predicted octanol–water partition coefficient (Wildman–Crippen LogP) is 4.26. The number of furan rings is 1. The number of pyridine rings is 1. The summed E-state index contributed by atoms with van der Waals surface area (Å²) in [6.07, 6.45) is 0.141. The van der Waals surface area contributed by atoms with E-state index in [0.717, 1.165) is 18.0 Å². The van der Waals surface area contributed by atoms with Gasteiger partial charge in [-0.1, -0.05) is 6.07 Å². The van der Waals surface area contributed by atoms with Crippen molar-refractivity contribution in [2.24, 2.45) is 0 Å². The number of aromatic nitrogens is 3. The van der Waals surface area contributed by atoms with Gasteiger partial charge in [-0.2, -0.15) is 13.2 Å². The van der Waals surface area contributed by atoms with Crippen LogP contribution in [0.1, 0.15) is 34.8 Å². The monoisotopic (exact) mass is 471 g/mol. The van der Waals surface area contributed by atoms with Crippen molar-refractivity contribution in [3.63, 3.8) is 0 Å². The number of carbonyl (C=O) groups excluding carboxylic acids is 2. The Kier molecular flexibility index (Phi) is 6.35. The quantitative estimate of drug-likeness (QED) is 0.419. The molecule has 2 N–H and O–H groups in total. The third-order valence-corrected chi connectivity index (χ3v) is 5.05. The highest BCUT2D eigenvalue weighted by Gasteiger charge is 2.44. The molecule has 0 saturated heterocycles. The largest absolute Gasteiger partial charge is 0.467 e. The zero-order valence-corrected chi connectivity index (χ0v) is 18.0. The zero-order chi connectivity index (χ0) is 24.3. The summed E-state index contributed by atoms with van der Waals surface area (Å²) in [5.74, 6) is -1.84. The molecule has 0 aliphatic carbocycles. The Bertz CT molecular complexity index is 1300. The first kappa shape index (κ1) is 23.0. The molecule has 1 atom stereocenters. The first-order valence-corrected chi connectivity index (χ1v) is 10.3. The molecule has 4 aromatic rings. The summed E-state index contributed by atoms with van der Waals surface area (Å²) >= 11 is 0. The van der Waals surface area contributed by atoms with E-state index in [4.69, 9.17) is 4.42 Å². The number of halogens is 3. The van der Waals surface area contributed by atoms with Crippen LogP contribution in [-0.4, -0.2) is 32.5 Å². The molecule has 11 heteroatoms. The highest BCUT2D eigenvalue weighted by atomic mass is 19.4. The Labute approximate surface area is 191 Å². The van der Waals surface area contributed by atoms with Crippen LogP contribution < -0.4 is 10.6 Å². The smallest absolute Gasteiger partial charge is 0.415 e. The Balaban J connectivity index is 1.66. The molecular formula is C23H20F3N5O3. The lowest BCUT2D eigenvalue weighted by molar-refractivity contribution is -0.159. The third kappa shape index (κ3) is 5.08. The highest BCUT2D eigenvalue weighted by Crippen LogP contribution is 2.33. The molecule has 0 unspecified atom stereocenters. The number of aryl methyl sites for hydroxylation is 2. The van der Waals surface area contributed by atoms with Crippen molar-refractivity contribution in [2.75, 3.05) is 5.32 Å². The van der Waals surface area contributed by atoms with Crippen molar-refractivity contribution < 1.29 is 27.2 Å². The van der Waals surface area contributed by atoms with E-state index < -0.39 is 29.8 Å². The lowest BCUT2D eigenvalue weighted by Crippen LogP contribution is -2.38. The predicted molar refractivity (Wildman–Crippen MR) is 117 cm³/mol. The number of amides is 2. The van der Waals surface area contributed by atoms with E-state index in [9.17, 15) is 22.8 Å². The van der Waals surface area contributed by atoms with Crippen molar-refractivity contribution in [3.8, 4) is 0 Å². The van der Waals surface area contributed by atoms with Gasteiger partial charge in [0.25, 0.3) is 5.91 Å². The number of rotatable bonds is 7. The summed E-state index contributed by atoms with van der Waals surface area (Å²) < 4.78 is 47.3. The van der Waals surface area contributed by atoms with Crippen LogP contribution in [0.25, 0.3) is 11.0 Å². The maximum Gasteiger partial charge on any atom is 0.415 e. The van der Waals surface area contributed by atoms with E-state index in [1.54, 1.807) is 17.1 Å². The molecule has 0 spiro atoms. The standard InChI is InChI=1S/C23H20F3N5O3/c1-14(32)29-18-12-15(22(33)30-21(23(24,25)26)19-6-4-10-34-19)11-17-20(18)31(13-28-17)9-7-16-5-2-3-8-27-16/h2-6,8,10-13,21H,7,9H2,1H3,(H,29,32)(H,30,33)/t21-/m1/s1. The van der Waals surface area contributed by atoms with E-state index in [1.165, 1.54) is 25.1 Å². The summed E-state index contributed by atoms with van der Waals surface area (Å²) in [6, 6.07) is 8.38. The second-order valence-corrected chi connectivity index (χ2v) is 7.55. The summed E-state index contributed by atoms with van der Waals surface area (Å²) in [6.45, 7) is 1.78. The Morgan fingerprint density at radius 1 is 1.15 bits per heavy atom. The van der Waals surface area contributed by atoms with E-state index in [-0.39, 0.29) is 11.3 Å². The maximum absolute atomic E-state index is 13.5. The lowest BCUT2D eigenvalue weighted by atomic mass is 10.1. The van der Waals surface area contributed by atoms with E-state index in [2.05, 4.69) is 15.3 Å². The minimum Gasteiger partial charge on any atom is -0.467 e. The molecule has 0 aliphatic rings. The van der Waals surface area contributed by atoms with Crippen LogP contribution in [0.4, 0.5) is 18.9 Å². The number of alkyl halides is 3. The van der Waals surface area contributed by atoms with Gasteiger partial charge in [0.05, 0.1) is 29.3 Å². The molecule has 2 amide bonds. The normalized spacial score (nSPS) is 12.5. The van der Waals surface area contributed by atoms with E-state index >= 15 is 0 Å². The van der Waals surface area contributed by atoms with Gasteiger partial charge in [0.15, 0.2) is 6.04 Å². The number of anilines is 1.